The molecule has 4 nitrogen and oxygen atoms in total. The van der Waals surface area contributed by atoms with Gasteiger partial charge in [0.25, 0.3) is 0 Å². The highest BCUT2D eigenvalue weighted by Crippen LogP contribution is 2.40. The Kier molecular flexibility index (Phi) is 5.32. The summed E-state index contributed by atoms with van der Waals surface area (Å²) in [6, 6.07) is 0.253. The van der Waals surface area contributed by atoms with Gasteiger partial charge in [-0.2, -0.15) is 0 Å². The SMILES string of the molecule is Cl.N[C@@H]1CCC[C@H]1CC(=O)N1CCC2(CCOCC2)C1. The van der Waals surface area contributed by atoms with E-state index in [4.69, 9.17) is 10.5 Å². The summed E-state index contributed by atoms with van der Waals surface area (Å²) >= 11 is 0. The molecule has 5 heteroatoms. The van der Waals surface area contributed by atoms with Gasteiger partial charge in [-0.15, -0.1) is 12.4 Å². The van der Waals surface area contributed by atoms with E-state index in [0.717, 1.165) is 52.0 Å². The Labute approximate surface area is 127 Å². The van der Waals surface area contributed by atoms with E-state index in [1.165, 1.54) is 12.8 Å². The van der Waals surface area contributed by atoms with Gasteiger partial charge in [0, 0.05) is 38.8 Å². The predicted octanol–water partition coefficient (Wildman–Crippen LogP) is 1.95. The van der Waals surface area contributed by atoms with Gasteiger partial charge in [-0.3, -0.25) is 4.79 Å². The minimum Gasteiger partial charge on any atom is -0.381 e. The summed E-state index contributed by atoms with van der Waals surface area (Å²) < 4.78 is 5.45. The summed E-state index contributed by atoms with van der Waals surface area (Å²) in [6.45, 7) is 3.64. The monoisotopic (exact) mass is 302 g/mol. The lowest BCUT2D eigenvalue weighted by atomic mass is 9.80. The van der Waals surface area contributed by atoms with E-state index in [2.05, 4.69) is 4.90 Å². The molecule has 1 aliphatic carbocycles. The number of hydrogen-bond acceptors (Lipinski definition) is 3. The summed E-state index contributed by atoms with van der Waals surface area (Å²) in [7, 11) is 0. The first kappa shape index (κ1) is 16.1. The van der Waals surface area contributed by atoms with Crippen LogP contribution in [-0.2, 0) is 9.53 Å². The Hall–Kier alpha value is -0.320. The van der Waals surface area contributed by atoms with Crippen molar-refractivity contribution in [3.63, 3.8) is 0 Å². The van der Waals surface area contributed by atoms with Gasteiger partial charge in [-0.1, -0.05) is 6.42 Å². The van der Waals surface area contributed by atoms with Gasteiger partial charge in [0.15, 0.2) is 0 Å². The smallest absolute Gasteiger partial charge is 0.222 e. The third-order valence-corrected chi connectivity index (χ3v) is 5.50. The van der Waals surface area contributed by atoms with Crippen molar-refractivity contribution < 1.29 is 9.53 Å². The van der Waals surface area contributed by atoms with Gasteiger partial charge in [0.2, 0.25) is 5.91 Å². The van der Waals surface area contributed by atoms with Crippen LogP contribution in [0.3, 0.4) is 0 Å². The molecule has 3 aliphatic rings. The molecular formula is C15H27ClN2O2. The van der Waals surface area contributed by atoms with E-state index in [-0.39, 0.29) is 18.4 Å². The van der Waals surface area contributed by atoms with E-state index in [1.54, 1.807) is 0 Å². The number of carbonyl (C=O) groups excluding carboxylic acids is 1. The molecule has 116 valence electrons. The summed E-state index contributed by atoms with van der Waals surface area (Å²) in [5, 5.41) is 0. The Morgan fingerprint density at radius 1 is 1.25 bits per heavy atom. The molecule has 0 bridgehead atoms. The zero-order chi connectivity index (χ0) is 13.3. The highest BCUT2D eigenvalue weighted by atomic mass is 35.5. The average Bonchev–Trinajstić information content (AvgIpc) is 2.99. The number of hydrogen-bond donors (Lipinski definition) is 1. The maximum Gasteiger partial charge on any atom is 0.222 e. The second-order valence-electron chi connectivity index (χ2n) is 6.74. The van der Waals surface area contributed by atoms with Crippen LogP contribution in [0.15, 0.2) is 0 Å². The Bertz CT molecular complexity index is 345. The molecule has 1 saturated carbocycles. The molecule has 2 atom stereocenters. The average molecular weight is 303 g/mol. The van der Waals surface area contributed by atoms with Crippen molar-refractivity contribution in [3.8, 4) is 0 Å². The normalized spacial score (nSPS) is 32.4. The Balaban J connectivity index is 0.00000147. The second kappa shape index (κ2) is 6.63. The summed E-state index contributed by atoms with van der Waals surface area (Å²) in [5.41, 5.74) is 6.44. The van der Waals surface area contributed by atoms with Gasteiger partial charge in [-0.25, -0.2) is 0 Å². The molecule has 0 aromatic carbocycles. The number of nitrogens with two attached hydrogens (primary N) is 1. The molecule has 0 aromatic rings. The van der Waals surface area contributed by atoms with Crippen LogP contribution in [0.5, 0.6) is 0 Å². The number of likely N-dealkylation sites (tertiary alicyclic amines) is 1. The van der Waals surface area contributed by atoms with E-state index in [0.29, 0.717) is 23.7 Å². The van der Waals surface area contributed by atoms with Gasteiger partial charge in [0.1, 0.15) is 0 Å². The van der Waals surface area contributed by atoms with E-state index in [9.17, 15) is 4.79 Å². The minimum atomic E-state index is 0. The number of nitrogens with zero attached hydrogens (tertiary/aromatic N) is 1. The molecule has 0 radical (unpaired) electrons. The van der Waals surface area contributed by atoms with Gasteiger partial charge < -0.3 is 15.4 Å². The molecular weight excluding hydrogens is 276 g/mol. The molecule has 1 spiro atoms. The lowest BCUT2D eigenvalue weighted by Gasteiger charge is -2.33. The fourth-order valence-corrected chi connectivity index (χ4v) is 4.03. The first-order chi connectivity index (χ1) is 9.19. The van der Waals surface area contributed by atoms with Crippen molar-refractivity contribution in [1.82, 2.24) is 4.90 Å². The molecule has 2 N–H and O–H groups in total. The molecule has 1 amide bonds. The van der Waals surface area contributed by atoms with Crippen molar-refractivity contribution >= 4 is 18.3 Å². The molecule has 3 rings (SSSR count). The number of amides is 1. The number of rotatable bonds is 2. The Morgan fingerprint density at radius 3 is 2.65 bits per heavy atom. The standard InChI is InChI=1S/C15H26N2O2.ClH/c16-13-3-1-2-12(13)10-14(18)17-7-4-15(11-17)5-8-19-9-6-15;/h12-13H,1-11,16H2;1H/t12-,13+;/m0./s1. The van der Waals surface area contributed by atoms with E-state index in [1.807, 2.05) is 0 Å². The third-order valence-electron chi connectivity index (χ3n) is 5.50. The quantitative estimate of drug-likeness (QED) is 0.848. The predicted molar refractivity (Wildman–Crippen MR) is 80.9 cm³/mol. The Morgan fingerprint density at radius 2 is 2.00 bits per heavy atom. The topological polar surface area (TPSA) is 55.6 Å². The van der Waals surface area contributed by atoms with Crippen LogP contribution in [0.4, 0.5) is 0 Å². The van der Waals surface area contributed by atoms with Crippen molar-refractivity contribution in [2.75, 3.05) is 26.3 Å². The number of halogens is 1. The van der Waals surface area contributed by atoms with E-state index < -0.39 is 0 Å². The fraction of sp³-hybridized carbons (Fsp3) is 0.933. The van der Waals surface area contributed by atoms with Gasteiger partial charge in [-0.05, 0) is 43.4 Å². The van der Waals surface area contributed by atoms with Gasteiger partial charge in [0.05, 0.1) is 0 Å². The summed E-state index contributed by atoms with van der Waals surface area (Å²) in [5.74, 6) is 0.768. The molecule has 0 unspecified atom stereocenters. The summed E-state index contributed by atoms with van der Waals surface area (Å²) in [4.78, 5) is 14.5. The lowest BCUT2D eigenvalue weighted by Crippen LogP contribution is -2.37. The molecule has 2 saturated heterocycles. The van der Waals surface area contributed by atoms with Crippen LogP contribution in [0.1, 0.15) is 44.9 Å². The largest absolute Gasteiger partial charge is 0.381 e. The zero-order valence-corrected chi connectivity index (χ0v) is 13.0. The molecule has 20 heavy (non-hydrogen) atoms. The highest BCUT2D eigenvalue weighted by Gasteiger charge is 2.41. The molecule has 2 heterocycles. The van der Waals surface area contributed by atoms with Crippen molar-refractivity contribution in [2.45, 2.75) is 51.0 Å². The van der Waals surface area contributed by atoms with Crippen LogP contribution < -0.4 is 5.73 Å². The van der Waals surface area contributed by atoms with Crippen molar-refractivity contribution in [1.29, 1.82) is 0 Å². The molecule has 2 aliphatic heterocycles. The van der Waals surface area contributed by atoms with Crippen molar-refractivity contribution in [3.05, 3.63) is 0 Å². The highest BCUT2D eigenvalue weighted by molar-refractivity contribution is 5.85. The number of carbonyl (C=O) groups is 1. The van der Waals surface area contributed by atoms with Gasteiger partial charge >= 0.3 is 0 Å². The minimum absolute atomic E-state index is 0. The molecule has 3 fully saturated rings. The second-order valence-corrected chi connectivity index (χ2v) is 6.74. The third kappa shape index (κ3) is 3.29. The van der Waals surface area contributed by atoms with Crippen LogP contribution in [0.2, 0.25) is 0 Å². The van der Waals surface area contributed by atoms with E-state index >= 15 is 0 Å². The zero-order valence-electron chi connectivity index (χ0n) is 12.2. The van der Waals surface area contributed by atoms with Crippen molar-refractivity contribution in [2.24, 2.45) is 17.1 Å². The molecule has 0 aromatic heterocycles. The summed E-state index contributed by atoms with van der Waals surface area (Å²) in [6.07, 6.45) is 7.52. The lowest BCUT2D eigenvalue weighted by molar-refractivity contribution is -0.132. The fourth-order valence-electron chi connectivity index (χ4n) is 4.03. The van der Waals surface area contributed by atoms with Crippen LogP contribution in [0.25, 0.3) is 0 Å². The number of ether oxygens (including phenoxy) is 1. The first-order valence-electron chi connectivity index (χ1n) is 7.80. The maximum atomic E-state index is 12.4. The first-order valence-corrected chi connectivity index (χ1v) is 7.80. The van der Waals surface area contributed by atoms with Crippen LogP contribution >= 0.6 is 12.4 Å². The maximum absolute atomic E-state index is 12.4. The van der Waals surface area contributed by atoms with Crippen LogP contribution in [0, 0.1) is 11.3 Å². The van der Waals surface area contributed by atoms with Crippen LogP contribution in [-0.4, -0.2) is 43.2 Å².